The minimum Gasteiger partial charge on any atom is -0.481 e. The molecule has 2 N–H and O–H groups in total. The van der Waals surface area contributed by atoms with Gasteiger partial charge in [0.1, 0.15) is 6.33 Å². The minimum atomic E-state index is -0.856. The molecule has 0 aliphatic heterocycles. The standard InChI is InChI=1S/C12H20N4O3S/c1-8(2)16-7-13-15-12(16)20-6-10(17)14-9(3)4-5-11(18)19/h7-9H,4-6H2,1-3H3,(H,14,17)(H,18,19). The predicted octanol–water partition coefficient (Wildman–Crippen LogP) is 1.32. The third-order valence-corrected chi connectivity index (χ3v) is 3.58. The van der Waals surface area contributed by atoms with E-state index in [0.29, 0.717) is 11.6 Å². The van der Waals surface area contributed by atoms with E-state index in [4.69, 9.17) is 5.11 Å². The van der Waals surface area contributed by atoms with Crippen LogP contribution < -0.4 is 5.32 Å². The molecule has 0 saturated heterocycles. The molecule has 0 aromatic carbocycles. The van der Waals surface area contributed by atoms with Crippen molar-refractivity contribution in [1.82, 2.24) is 20.1 Å². The van der Waals surface area contributed by atoms with Crippen LogP contribution in [0.25, 0.3) is 0 Å². The zero-order chi connectivity index (χ0) is 15.1. The first-order chi connectivity index (χ1) is 9.40. The number of carboxylic acids is 1. The second-order valence-corrected chi connectivity index (χ2v) is 5.75. The molecule has 1 amide bonds. The molecule has 20 heavy (non-hydrogen) atoms. The summed E-state index contributed by atoms with van der Waals surface area (Å²) in [5.41, 5.74) is 0. The molecule has 0 aliphatic rings. The third-order valence-electron chi connectivity index (χ3n) is 2.63. The lowest BCUT2D eigenvalue weighted by atomic mass is 10.2. The number of carbonyl (C=O) groups is 2. The highest BCUT2D eigenvalue weighted by atomic mass is 32.2. The highest BCUT2D eigenvalue weighted by molar-refractivity contribution is 7.99. The average molecular weight is 300 g/mol. The summed E-state index contributed by atoms with van der Waals surface area (Å²) < 4.78 is 1.89. The molecule has 1 unspecified atom stereocenters. The average Bonchev–Trinajstić information content (AvgIpc) is 2.82. The normalized spacial score (nSPS) is 12.4. The van der Waals surface area contributed by atoms with Crippen molar-refractivity contribution in [2.24, 2.45) is 0 Å². The zero-order valence-electron chi connectivity index (χ0n) is 11.9. The van der Waals surface area contributed by atoms with Crippen molar-refractivity contribution in [2.75, 3.05) is 5.75 Å². The lowest BCUT2D eigenvalue weighted by Crippen LogP contribution is -2.34. The Bertz CT molecular complexity index is 461. The molecule has 112 valence electrons. The number of amides is 1. The number of rotatable bonds is 8. The molecule has 1 heterocycles. The number of carbonyl (C=O) groups excluding carboxylic acids is 1. The monoisotopic (exact) mass is 300 g/mol. The Labute approximate surface area is 122 Å². The Balaban J connectivity index is 2.36. The van der Waals surface area contributed by atoms with E-state index < -0.39 is 5.97 Å². The van der Waals surface area contributed by atoms with Crippen LogP contribution in [0.3, 0.4) is 0 Å². The molecule has 0 fully saturated rings. The molecule has 1 atom stereocenters. The molecule has 0 aliphatic carbocycles. The first-order valence-corrected chi connectivity index (χ1v) is 7.42. The molecular weight excluding hydrogens is 280 g/mol. The van der Waals surface area contributed by atoms with Gasteiger partial charge in [-0.15, -0.1) is 10.2 Å². The van der Waals surface area contributed by atoms with Gasteiger partial charge in [-0.25, -0.2) is 0 Å². The number of carboxylic acid groups (broad SMARTS) is 1. The first-order valence-electron chi connectivity index (χ1n) is 6.43. The van der Waals surface area contributed by atoms with Gasteiger partial charge in [0.05, 0.1) is 5.75 Å². The quantitative estimate of drug-likeness (QED) is 0.703. The fraction of sp³-hybridized carbons (Fsp3) is 0.667. The van der Waals surface area contributed by atoms with Crippen LogP contribution in [0.2, 0.25) is 0 Å². The summed E-state index contributed by atoms with van der Waals surface area (Å²) in [7, 11) is 0. The van der Waals surface area contributed by atoms with Crippen molar-refractivity contribution in [3.8, 4) is 0 Å². The predicted molar refractivity (Wildman–Crippen MR) is 75.6 cm³/mol. The van der Waals surface area contributed by atoms with Crippen molar-refractivity contribution >= 4 is 23.6 Å². The van der Waals surface area contributed by atoms with E-state index in [9.17, 15) is 9.59 Å². The fourth-order valence-electron chi connectivity index (χ4n) is 1.55. The molecule has 1 rings (SSSR count). The molecular formula is C12H20N4O3S. The van der Waals surface area contributed by atoms with Gasteiger partial charge >= 0.3 is 5.97 Å². The topological polar surface area (TPSA) is 97.1 Å². The van der Waals surface area contributed by atoms with Gasteiger partial charge in [0, 0.05) is 18.5 Å². The van der Waals surface area contributed by atoms with Crippen molar-refractivity contribution in [2.45, 2.75) is 50.9 Å². The molecule has 0 radical (unpaired) electrons. The maximum absolute atomic E-state index is 11.7. The van der Waals surface area contributed by atoms with E-state index in [-0.39, 0.29) is 30.2 Å². The second-order valence-electron chi connectivity index (χ2n) is 4.80. The molecule has 1 aromatic rings. The SMILES string of the molecule is CC(CCC(=O)O)NC(=O)CSc1nncn1C(C)C. The number of nitrogens with one attached hydrogen (secondary N) is 1. The van der Waals surface area contributed by atoms with Gasteiger partial charge in [0.25, 0.3) is 0 Å². The number of aliphatic carboxylic acids is 1. The van der Waals surface area contributed by atoms with Crippen LogP contribution in [0.4, 0.5) is 0 Å². The van der Waals surface area contributed by atoms with E-state index in [1.165, 1.54) is 11.8 Å². The summed E-state index contributed by atoms with van der Waals surface area (Å²) in [6.45, 7) is 5.82. The molecule has 7 nitrogen and oxygen atoms in total. The number of thioether (sulfide) groups is 1. The summed E-state index contributed by atoms with van der Waals surface area (Å²) in [6.07, 6.45) is 2.12. The van der Waals surface area contributed by atoms with Crippen LogP contribution in [-0.4, -0.2) is 43.5 Å². The Morgan fingerprint density at radius 2 is 2.15 bits per heavy atom. The van der Waals surface area contributed by atoms with E-state index in [1.807, 2.05) is 18.4 Å². The summed E-state index contributed by atoms with van der Waals surface area (Å²) in [5, 5.41) is 19.8. The van der Waals surface area contributed by atoms with Crippen LogP contribution in [0.15, 0.2) is 11.5 Å². The second kappa shape index (κ2) is 7.88. The molecule has 8 heteroatoms. The largest absolute Gasteiger partial charge is 0.481 e. The van der Waals surface area contributed by atoms with E-state index >= 15 is 0 Å². The van der Waals surface area contributed by atoms with Gasteiger partial charge in [-0.1, -0.05) is 11.8 Å². The summed E-state index contributed by atoms with van der Waals surface area (Å²) >= 11 is 1.32. The first kappa shape index (κ1) is 16.5. The third kappa shape index (κ3) is 5.60. The molecule has 0 bridgehead atoms. The van der Waals surface area contributed by atoms with E-state index in [0.717, 1.165) is 0 Å². The minimum absolute atomic E-state index is 0.0519. The summed E-state index contributed by atoms with van der Waals surface area (Å²) in [5.74, 6) is -0.750. The van der Waals surface area contributed by atoms with Gasteiger partial charge in [0.15, 0.2) is 5.16 Å². The fourth-order valence-corrected chi connectivity index (χ4v) is 2.40. The summed E-state index contributed by atoms with van der Waals surface area (Å²) in [6, 6.07) is 0.0900. The lowest BCUT2D eigenvalue weighted by Gasteiger charge is -2.13. The smallest absolute Gasteiger partial charge is 0.303 e. The number of hydrogen-bond donors (Lipinski definition) is 2. The summed E-state index contributed by atoms with van der Waals surface area (Å²) in [4.78, 5) is 22.2. The zero-order valence-corrected chi connectivity index (χ0v) is 12.7. The Hall–Kier alpha value is -1.57. The molecule has 0 spiro atoms. The lowest BCUT2D eigenvalue weighted by molar-refractivity contribution is -0.137. The molecule has 1 aromatic heterocycles. The molecule has 0 saturated carbocycles. The highest BCUT2D eigenvalue weighted by Crippen LogP contribution is 2.18. The van der Waals surface area contributed by atoms with Crippen molar-refractivity contribution in [3.05, 3.63) is 6.33 Å². The van der Waals surface area contributed by atoms with E-state index in [2.05, 4.69) is 15.5 Å². The Morgan fingerprint density at radius 3 is 2.75 bits per heavy atom. The highest BCUT2D eigenvalue weighted by Gasteiger charge is 2.13. The van der Waals surface area contributed by atoms with Crippen molar-refractivity contribution in [1.29, 1.82) is 0 Å². The number of hydrogen-bond acceptors (Lipinski definition) is 5. The number of aromatic nitrogens is 3. The van der Waals surface area contributed by atoms with Gasteiger partial charge in [-0.05, 0) is 27.2 Å². The van der Waals surface area contributed by atoms with Gasteiger partial charge in [-0.2, -0.15) is 0 Å². The maximum Gasteiger partial charge on any atom is 0.303 e. The van der Waals surface area contributed by atoms with Crippen molar-refractivity contribution in [3.63, 3.8) is 0 Å². The Morgan fingerprint density at radius 1 is 1.45 bits per heavy atom. The maximum atomic E-state index is 11.7. The van der Waals surface area contributed by atoms with Gasteiger partial charge in [-0.3, -0.25) is 9.59 Å². The van der Waals surface area contributed by atoms with Crippen LogP contribution in [0.5, 0.6) is 0 Å². The van der Waals surface area contributed by atoms with Crippen molar-refractivity contribution < 1.29 is 14.7 Å². The van der Waals surface area contributed by atoms with Crippen LogP contribution >= 0.6 is 11.8 Å². The van der Waals surface area contributed by atoms with Crippen LogP contribution in [0, 0.1) is 0 Å². The van der Waals surface area contributed by atoms with Gasteiger partial charge in [0.2, 0.25) is 5.91 Å². The van der Waals surface area contributed by atoms with Crippen LogP contribution in [-0.2, 0) is 9.59 Å². The van der Waals surface area contributed by atoms with E-state index in [1.54, 1.807) is 13.3 Å². The number of nitrogens with zero attached hydrogens (tertiary/aromatic N) is 3. The van der Waals surface area contributed by atoms with Crippen LogP contribution in [0.1, 0.15) is 39.7 Å². The van der Waals surface area contributed by atoms with Gasteiger partial charge < -0.3 is 15.0 Å². The Kier molecular flexibility index (Phi) is 6.50.